The van der Waals surface area contributed by atoms with Crippen molar-refractivity contribution in [3.8, 4) is 22.3 Å². The molecule has 0 fully saturated rings. The predicted molar refractivity (Wildman–Crippen MR) is 273 cm³/mol. The van der Waals surface area contributed by atoms with E-state index in [2.05, 4.69) is 245 Å². The highest BCUT2D eigenvalue weighted by Gasteiger charge is 2.38. The van der Waals surface area contributed by atoms with Crippen LogP contribution in [-0.4, -0.2) is 0 Å². The molecule has 10 aromatic carbocycles. The third-order valence-electron chi connectivity index (χ3n) is 14.7. The van der Waals surface area contributed by atoms with Crippen LogP contribution in [0.4, 0.5) is 34.1 Å². The molecule has 2 aliphatic heterocycles. The average molecular weight is 823 g/mol. The van der Waals surface area contributed by atoms with E-state index in [9.17, 15) is 0 Å². The minimum absolute atomic E-state index is 0.145. The maximum Gasteiger partial charge on any atom is 0.0502 e. The molecule has 0 atom stereocenters. The number of rotatable bonds is 4. The lowest BCUT2D eigenvalue weighted by molar-refractivity contribution is 0.632. The SMILES string of the molecule is Cc1ccc(-c2c3ccc(N4c5ccccc5C(C)(C)c5ccccc54)cc3c(-c3ccc4ccccc4c3)c3ccc(N4c5ccccc5C(C)(C)c5ccccc54)cc23)cc1C. The van der Waals surface area contributed by atoms with Crippen LogP contribution in [0.15, 0.2) is 194 Å². The van der Waals surface area contributed by atoms with Crippen LogP contribution in [0.5, 0.6) is 0 Å². The second-order valence-corrected chi connectivity index (χ2v) is 19.1. The van der Waals surface area contributed by atoms with Crippen molar-refractivity contribution < 1.29 is 0 Å². The molecule has 308 valence electrons. The van der Waals surface area contributed by atoms with Gasteiger partial charge in [-0.05, 0) is 156 Å². The molecular formula is C62H50N2. The molecule has 2 heteroatoms. The molecule has 0 bridgehead atoms. The molecule has 0 aromatic heterocycles. The molecule has 0 amide bonds. The summed E-state index contributed by atoms with van der Waals surface area (Å²) in [4.78, 5) is 4.99. The number of hydrogen-bond acceptors (Lipinski definition) is 2. The average Bonchev–Trinajstić information content (AvgIpc) is 3.32. The quantitative estimate of drug-likeness (QED) is 0.163. The van der Waals surface area contributed by atoms with Gasteiger partial charge in [0.15, 0.2) is 0 Å². The Bertz CT molecular complexity index is 3450. The van der Waals surface area contributed by atoms with Gasteiger partial charge in [0, 0.05) is 22.2 Å². The Balaban J connectivity index is 1.20. The zero-order valence-electron chi connectivity index (χ0n) is 37.4. The van der Waals surface area contributed by atoms with E-state index in [1.165, 1.54) is 111 Å². The summed E-state index contributed by atoms with van der Waals surface area (Å²) in [5.41, 5.74) is 19.7. The fraction of sp³-hybridized carbons (Fsp3) is 0.129. The smallest absolute Gasteiger partial charge is 0.0502 e. The van der Waals surface area contributed by atoms with Gasteiger partial charge in [-0.25, -0.2) is 0 Å². The lowest BCUT2D eigenvalue weighted by Gasteiger charge is -2.42. The first-order valence-electron chi connectivity index (χ1n) is 22.7. The van der Waals surface area contributed by atoms with Crippen LogP contribution in [0, 0.1) is 13.8 Å². The van der Waals surface area contributed by atoms with E-state index in [1.54, 1.807) is 0 Å². The third-order valence-corrected chi connectivity index (χ3v) is 14.7. The summed E-state index contributed by atoms with van der Waals surface area (Å²) in [7, 11) is 0. The Labute approximate surface area is 376 Å². The fourth-order valence-corrected chi connectivity index (χ4v) is 11.2. The minimum Gasteiger partial charge on any atom is -0.310 e. The number of aryl methyl sites for hydroxylation is 2. The minimum atomic E-state index is -0.147. The van der Waals surface area contributed by atoms with Gasteiger partial charge < -0.3 is 9.80 Å². The second-order valence-electron chi connectivity index (χ2n) is 19.1. The van der Waals surface area contributed by atoms with Gasteiger partial charge in [-0.2, -0.15) is 0 Å². The molecule has 0 radical (unpaired) electrons. The zero-order chi connectivity index (χ0) is 43.5. The first-order chi connectivity index (χ1) is 31.1. The van der Waals surface area contributed by atoms with E-state index in [0.717, 1.165) is 11.4 Å². The highest BCUT2D eigenvalue weighted by atomic mass is 15.2. The maximum absolute atomic E-state index is 2.50. The van der Waals surface area contributed by atoms with E-state index >= 15 is 0 Å². The molecule has 2 heterocycles. The predicted octanol–water partition coefficient (Wildman–Crippen LogP) is 17.3. The Morgan fingerprint density at radius 1 is 0.312 bits per heavy atom. The molecule has 0 saturated heterocycles. The first kappa shape index (κ1) is 38.3. The summed E-state index contributed by atoms with van der Waals surface area (Å²) in [6, 6.07) is 73.1. The summed E-state index contributed by atoms with van der Waals surface area (Å²) < 4.78 is 0. The Morgan fingerprint density at radius 3 is 1.16 bits per heavy atom. The molecule has 2 nitrogen and oxygen atoms in total. The molecular weight excluding hydrogens is 773 g/mol. The Kier molecular flexibility index (Phi) is 8.40. The summed E-state index contributed by atoms with van der Waals surface area (Å²) in [5, 5.41) is 7.41. The molecule has 2 aliphatic rings. The normalized spacial score (nSPS) is 14.6. The lowest BCUT2D eigenvalue weighted by Crippen LogP contribution is -2.30. The number of fused-ring (bicyclic) bond motifs is 7. The van der Waals surface area contributed by atoms with Gasteiger partial charge >= 0.3 is 0 Å². The molecule has 0 unspecified atom stereocenters. The number of benzene rings is 10. The Hall–Kier alpha value is -7.42. The molecule has 0 N–H and O–H groups in total. The summed E-state index contributed by atoms with van der Waals surface area (Å²) in [6.45, 7) is 13.9. The molecule has 12 rings (SSSR count). The van der Waals surface area contributed by atoms with Crippen LogP contribution < -0.4 is 9.80 Å². The molecule has 0 spiro atoms. The van der Waals surface area contributed by atoms with E-state index in [0.29, 0.717) is 0 Å². The van der Waals surface area contributed by atoms with Crippen LogP contribution in [-0.2, 0) is 10.8 Å². The lowest BCUT2D eigenvalue weighted by atomic mass is 9.73. The van der Waals surface area contributed by atoms with Gasteiger partial charge in [0.2, 0.25) is 0 Å². The van der Waals surface area contributed by atoms with E-state index in [-0.39, 0.29) is 10.8 Å². The zero-order valence-corrected chi connectivity index (χ0v) is 37.4. The monoisotopic (exact) mass is 822 g/mol. The molecule has 0 saturated carbocycles. The van der Waals surface area contributed by atoms with Gasteiger partial charge in [0.25, 0.3) is 0 Å². The van der Waals surface area contributed by atoms with Crippen molar-refractivity contribution in [1.82, 2.24) is 0 Å². The third kappa shape index (κ3) is 5.58. The van der Waals surface area contributed by atoms with Crippen molar-refractivity contribution in [2.75, 3.05) is 9.80 Å². The first-order valence-corrected chi connectivity index (χ1v) is 22.7. The number of hydrogen-bond donors (Lipinski definition) is 0. The fourth-order valence-electron chi connectivity index (χ4n) is 11.2. The Morgan fingerprint density at radius 2 is 0.703 bits per heavy atom. The van der Waals surface area contributed by atoms with Crippen LogP contribution in [0.1, 0.15) is 61.1 Å². The maximum atomic E-state index is 2.50. The van der Waals surface area contributed by atoms with Crippen molar-refractivity contribution in [3.05, 3.63) is 228 Å². The van der Waals surface area contributed by atoms with Gasteiger partial charge in [0.1, 0.15) is 0 Å². The standard InChI is InChI=1S/C62H50N2/c1-39-27-28-43(35-40(39)2)59-47-33-31-46(64-57-25-15-11-21-53(57)62(5,6)54-22-12-16-26-58(54)64)38-50(47)60(44-30-29-41-17-7-8-18-42(41)36-44)48-34-32-45(37-49(48)59)63-55-23-13-9-19-51(55)61(3,4)52-20-10-14-24-56(52)63/h7-38H,1-6H3. The number of para-hydroxylation sites is 4. The highest BCUT2D eigenvalue weighted by Crippen LogP contribution is 2.55. The van der Waals surface area contributed by atoms with Crippen molar-refractivity contribution >= 4 is 66.4 Å². The van der Waals surface area contributed by atoms with Gasteiger partial charge in [-0.15, -0.1) is 0 Å². The van der Waals surface area contributed by atoms with Gasteiger partial charge in [-0.3, -0.25) is 0 Å². The second kappa shape index (κ2) is 14.0. The molecule has 0 aliphatic carbocycles. The molecule has 10 aromatic rings. The van der Waals surface area contributed by atoms with Gasteiger partial charge in [0.05, 0.1) is 22.7 Å². The van der Waals surface area contributed by atoms with Crippen LogP contribution >= 0.6 is 0 Å². The van der Waals surface area contributed by atoms with Crippen molar-refractivity contribution in [2.45, 2.75) is 52.4 Å². The summed E-state index contributed by atoms with van der Waals surface area (Å²) in [6.07, 6.45) is 0. The highest BCUT2D eigenvalue weighted by molar-refractivity contribution is 6.23. The topological polar surface area (TPSA) is 6.48 Å². The van der Waals surface area contributed by atoms with Crippen molar-refractivity contribution in [3.63, 3.8) is 0 Å². The van der Waals surface area contributed by atoms with Crippen LogP contribution in [0.3, 0.4) is 0 Å². The number of nitrogens with zero attached hydrogens (tertiary/aromatic N) is 2. The van der Waals surface area contributed by atoms with E-state index < -0.39 is 0 Å². The largest absolute Gasteiger partial charge is 0.310 e. The summed E-state index contributed by atoms with van der Waals surface area (Å²) in [5.74, 6) is 0. The van der Waals surface area contributed by atoms with E-state index in [4.69, 9.17) is 0 Å². The van der Waals surface area contributed by atoms with Crippen molar-refractivity contribution in [1.29, 1.82) is 0 Å². The molecule has 64 heavy (non-hydrogen) atoms. The number of anilines is 6. The van der Waals surface area contributed by atoms with Gasteiger partial charge in [-0.1, -0.05) is 167 Å². The van der Waals surface area contributed by atoms with E-state index in [1.807, 2.05) is 0 Å². The van der Waals surface area contributed by atoms with Crippen molar-refractivity contribution in [2.24, 2.45) is 0 Å². The van der Waals surface area contributed by atoms with Crippen LogP contribution in [0.25, 0.3) is 54.6 Å². The van der Waals surface area contributed by atoms with Crippen LogP contribution in [0.2, 0.25) is 0 Å². The summed E-state index contributed by atoms with van der Waals surface area (Å²) >= 11 is 0.